The Kier molecular flexibility index (Phi) is 4.14. The van der Waals surface area contributed by atoms with E-state index in [-0.39, 0.29) is 23.8 Å². The molecule has 1 fully saturated rings. The van der Waals surface area contributed by atoms with E-state index in [0.29, 0.717) is 19.5 Å². The molecule has 1 aliphatic rings. The van der Waals surface area contributed by atoms with Crippen LogP contribution >= 0.6 is 0 Å². The average Bonchev–Trinajstić information content (AvgIpc) is 2.83. The fourth-order valence-electron chi connectivity index (χ4n) is 2.22. The number of hydrogen-bond acceptors (Lipinski definition) is 3. The van der Waals surface area contributed by atoms with Gasteiger partial charge in [-0.25, -0.2) is 0 Å². The molecule has 1 unspecified atom stereocenters. The van der Waals surface area contributed by atoms with Crippen molar-refractivity contribution in [3.63, 3.8) is 0 Å². The number of pyridine rings is 1. The zero-order valence-electron chi connectivity index (χ0n) is 11.3. The van der Waals surface area contributed by atoms with Gasteiger partial charge >= 0.3 is 0 Å². The molecule has 19 heavy (non-hydrogen) atoms. The first-order chi connectivity index (χ1) is 9.08. The van der Waals surface area contributed by atoms with Gasteiger partial charge in [0.1, 0.15) is 0 Å². The van der Waals surface area contributed by atoms with E-state index in [1.807, 2.05) is 30.9 Å². The van der Waals surface area contributed by atoms with Crippen LogP contribution in [-0.2, 0) is 16.1 Å². The molecule has 2 amide bonds. The Morgan fingerprint density at radius 2 is 2.37 bits per heavy atom. The Morgan fingerprint density at radius 3 is 2.89 bits per heavy atom. The second-order valence-corrected chi connectivity index (χ2v) is 5.13. The van der Waals surface area contributed by atoms with Crippen molar-refractivity contribution < 1.29 is 9.59 Å². The summed E-state index contributed by atoms with van der Waals surface area (Å²) in [4.78, 5) is 29.5. The van der Waals surface area contributed by atoms with E-state index in [9.17, 15) is 9.59 Å². The highest BCUT2D eigenvalue weighted by molar-refractivity contribution is 5.89. The minimum atomic E-state index is -0.230. The average molecular weight is 261 g/mol. The minimum absolute atomic E-state index is 0.0385. The van der Waals surface area contributed by atoms with Crippen molar-refractivity contribution in [1.82, 2.24) is 15.2 Å². The normalized spacial score (nSPS) is 18.5. The predicted octanol–water partition coefficient (Wildman–Crippen LogP) is 0.955. The lowest BCUT2D eigenvalue weighted by Crippen LogP contribution is -2.41. The van der Waals surface area contributed by atoms with Gasteiger partial charge in [0.05, 0.1) is 5.92 Å². The van der Waals surface area contributed by atoms with E-state index in [1.165, 1.54) is 0 Å². The molecule has 0 aromatic carbocycles. The van der Waals surface area contributed by atoms with Crippen LogP contribution in [-0.4, -0.2) is 34.3 Å². The second-order valence-electron chi connectivity index (χ2n) is 5.13. The summed E-state index contributed by atoms with van der Waals surface area (Å²) in [6.45, 7) is 4.96. The first-order valence-electron chi connectivity index (χ1n) is 6.54. The van der Waals surface area contributed by atoms with E-state index < -0.39 is 0 Å². The van der Waals surface area contributed by atoms with Gasteiger partial charge < -0.3 is 10.2 Å². The monoisotopic (exact) mass is 261 g/mol. The van der Waals surface area contributed by atoms with Crippen molar-refractivity contribution in [3.8, 4) is 0 Å². The van der Waals surface area contributed by atoms with Crippen LogP contribution in [0.1, 0.15) is 25.8 Å². The van der Waals surface area contributed by atoms with Crippen molar-refractivity contribution in [2.75, 3.05) is 6.54 Å². The van der Waals surface area contributed by atoms with Crippen molar-refractivity contribution in [3.05, 3.63) is 30.1 Å². The van der Waals surface area contributed by atoms with Gasteiger partial charge in [-0.3, -0.25) is 14.6 Å². The molecule has 1 aromatic heterocycles. The van der Waals surface area contributed by atoms with Crippen molar-refractivity contribution in [2.24, 2.45) is 5.92 Å². The maximum Gasteiger partial charge on any atom is 0.228 e. The van der Waals surface area contributed by atoms with Gasteiger partial charge in [-0.2, -0.15) is 0 Å². The van der Waals surface area contributed by atoms with Gasteiger partial charge in [0, 0.05) is 37.9 Å². The van der Waals surface area contributed by atoms with E-state index in [2.05, 4.69) is 10.3 Å². The molecule has 0 spiro atoms. The smallest absolute Gasteiger partial charge is 0.228 e. The molecule has 0 bridgehead atoms. The fourth-order valence-corrected chi connectivity index (χ4v) is 2.22. The van der Waals surface area contributed by atoms with Crippen molar-refractivity contribution >= 4 is 11.8 Å². The van der Waals surface area contributed by atoms with Gasteiger partial charge in [-0.1, -0.05) is 6.07 Å². The lowest BCUT2D eigenvalue weighted by atomic mass is 10.1. The Labute approximate surface area is 113 Å². The Morgan fingerprint density at radius 1 is 1.58 bits per heavy atom. The van der Waals surface area contributed by atoms with E-state index in [0.717, 1.165) is 5.56 Å². The number of carbonyl (C=O) groups excluding carboxylic acids is 2. The first-order valence-corrected chi connectivity index (χ1v) is 6.54. The molecule has 1 saturated heterocycles. The highest BCUT2D eigenvalue weighted by atomic mass is 16.2. The topological polar surface area (TPSA) is 62.3 Å². The second kappa shape index (κ2) is 5.82. The van der Waals surface area contributed by atoms with Crippen LogP contribution in [0.3, 0.4) is 0 Å². The number of hydrogen-bond donors (Lipinski definition) is 1. The SMILES string of the molecule is CC(C)N(Cc1cccnc1)C(=O)C1CNC(=O)C1. The maximum absolute atomic E-state index is 12.5. The Balaban J connectivity index is 2.07. The molecule has 0 aliphatic carbocycles. The third kappa shape index (κ3) is 3.30. The summed E-state index contributed by atoms with van der Waals surface area (Å²) in [6.07, 6.45) is 3.78. The molecule has 2 rings (SSSR count). The van der Waals surface area contributed by atoms with Crippen LogP contribution in [0.15, 0.2) is 24.5 Å². The molecule has 5 nitrogen and oxygen atoms in total. The summed E-state index contributed by atoms with van der Waals surface area (Å²) >= 11 is 0. The van der Waals surface area contributed by atoms with E-state index >= 15 is 0 Å². The van der Waals surface area contributed by atoms with Gasteiger partial charge in [0.15, 0.2) is 0 Å². The van der Waals surface area contributed by atoms with Gasteiger partial charge in [-0.05, 0) is 25.5 Å². The van der Waals surface area contributed by atoms with Gasteiger partial charge in [-0.15, -0.1) is 0 Å². The number of amides is 2. The van der Waals surface area contributed by atoms with E-state index in [4.69, 9.17) is 0 Å². The Bertz CT molecular complexity index is 459. The number of carbonyl (C=O) groups is 2. The van der Waals surface area contributed by atoms with Gasteiger partial charge in [0.2, 0.25) is 11.8 Å². The molecule has 1 atom stereocenters. The van der Waals surface area contributed by atoms with Crippen molar-refractivity contribution in [2.45, 2.75) is 32.9 Å². The largest absolute Gasteiger partial charge is 0.355 e. The van der Waals surface area contributed by atoms with Crippen LogP contribution in [0, 0.1) is 5.92 Å². The van der Waals surface area contributed by atoms with Crippen LogP contribution in [0.5, 0.6) is 0 Å². The Hall–Kier alpha value is -1.91. The summed E-state index contributed by atoms with van der Waals surface area (Å²) in [7, 11) is 0. The lowest BCUT2D eigenvalue weighted by Gasteiger charge is -2.29. The molecule has 1 aliphatic heterocycles. The number of nitrogens with zero attached hydrogens (tertiary/aromatic N) is 2. The molecule has 0 saturated carbocycles. The molecular formula is C14H19N3O2. The maximum atomic E-state index is 12.5. The van der Waals surface area contributed by atoms with Crippen LogP contribution in [0.4, 0.5) is 0 Å². The minimum Gasteiger partial charge on any atom is -0.355 e. The molecule has 1 aromatic rings. The molecular weight excluding hydrogens is 242 g/mol. The van der Waals surface area contributed by atoms with E-state index in [1.54, 1.807) is 12.4 Å². The summed E-state index contributed by atoms with van der Waals surface area (Å²) in [5.41, 5.74) is 1.00. The quantitative estimate of drug-likeness (QED) is 0.878. The molecule has 5 heteroatoms. The number of aromatic nitrogens is 1. The lowest BCUT2D eigenvalue weighted by molar-refractivity contribution is -0.138. The van der Waals surface area contributed by atoms with Crippen LogP contribution in [0.25, 0.3) is 0 Å². The van der Waals surface area contributed by atoms with Gasteiger partial charge in [0.25, 0.3) is 0 Å². The summed E-state index contributed by atoms with van der Waals surface area (Å²) in [5.74, 6) is -0.229. The summed E-state index contributed by atoms with van der Waals surface area (Å²) < 4.78 is 0. The summed E-state index contributed by atoms with van der Waals surface area (Å²) in [6, 6.07) is 3.91. The molecule has 102 valence electrons. The third-order valence-electron chi connectivity index (χ3n) is 3.31. The number of nitrogens with one attached hydrogen (secondary N) is 1. The van der Waals surface area contributed by atoms with Crippen molar-refractivity contribution in [1.29, 1.82) is 0 Å². The zero-order valence-corrected chi connectivity index (χ0v) is 11.3. The molecule has 2 heterocycles. The standard InChI is InChI=1S/C14H19N3O2/c1-10(2)17(9-11-4-3-5-15-7-11)14(19)12-6-13(18)16-8-12/h3-5,7,10,12H,6,8-9H2,1-2H3,(H,16,18). The highest BCUT2D eigenvalue weighted by Crippen LogP contribution is 2.17. The fraction of sp³-hybridized carbons (Fsp3) is 0.500. The van der Waals surface area contributed by atoms with Crippen LogP contribution in [0.2, 0.25) is 0 Å². The third-order valence-corrected chi connectivity index (χ3v) is 3.31. The summed E-state index contributed by atoms with van der Waals surface area (Å²) in [5, 5.41) is 2.71. The molecule has 0 radical (unpaired) electrons. The van der Waals surface area contributed by atoms with Crippen LogP contribution < -0.4 is 5.32 Å². The zero-order chi connectivity index (χ0) is 13.8. The highest BCUT2D eigenvalue weighted by Gasteiger charge is 2.32. The first kappa shape index (κ1) is 13.5. The number of rotatable bonds is 4. The molecule has 1 N–H and O–H groups in total. The predicted molar refractivity (Wildman–Crippen MR) is 71.0 cm³/mol.